The highest BCUT2D eigenvalue weighted by molar-refractivity contribution is 5.93. The quantitative estimate of drug-likeness (QED) is 0.486. The van der Waals surface area contributed by atoms with Crippen molar-refractivity contribution in [2.75, 3.05) is 18.9 Å². The third-order valence-electron chi connectivity index (χ3n) is 3.24. The Morgan fingerprint density at radius 3 is 2.38 bits per heavy atom. The minimum atomic E-state index is -0.411. The van der Waals surface area contributed by atoms with Gasteiger partial charge in [0, 0.05) is 24.8 Å². The first-order valence-corrected chi connectivity index (χ1v) is 7.01. The number of benzene rings is 2. The largest absolute Gasteiger partial charge is 0.385 e. The van der Waals surface area contributed by atoms with Gasteiger partial charge in [-0.25, -0.2) is 5.06 Å². The van der Waals surface area contributed by atoms with Crippen molar-refractivity contribution >= 4 is 11.6 Å². The van der Waals surface area contributed by atoms with Gasteiger partial charge in [0.1, 0.15) is 0 Å². The van der Waals surface area contributed by atoms with Crippen molar-refractivity contribution in [1.82, 2.24) is 5.06 Å². The second-order valence-corrected chi connectivity index (χ2v) is 4.92. The fraction of sp³-hybridized carbons (Fsp3) is 0.235. The minimum Gasteiger partial charge on any atom is -0.385 e. The molecule has 21 heavy (non-hydrogen) atoms. The highest BCUT2D eigenvalue weighted by Crippen LogP contribution is 2.11. The Bertz CT molecular complexity index is 565. The first-order chi connectivity index (χ1) is 10.2. The lowest BCUT2D eigenvalue weighted by Gasteiger charge is -2.10. The molecule has 0 radical (unpaired) electrons. The summed E-state index contributed by atoms with van der Waals surface area (Å²) in [6.07, 6.45) is 2.09. The molecule has 0 saturated heterocycles. The van der Waals surface area contributed by atoms with Crippen LogP contribution in [0.5, 0.6) is 0 Å². The first kappa shape index (κ1) is 15.1. The summed E-state index contributed by atoms with van der Waals surface area (Å²) in [6, 6.07) is 17.5. The Kier molecular flexibility index (Phi) is 5.35. The molecule has 2 N–H and O–H groups in total. The molecule has 0 aliphatic carbocycles. The summed E-state index contributed by atoms with van der Waals surface area (Å²) in [7, 11) is 1.32. The van der Waals surface area contributed by atoms with E-state index in [4.69, 9.17) is 5.21 Å². The molecule has 0 spiro atoms. The van der Waals surface area contributed by atoms with Gasteiger partial charge in [0.05, 0.1) is 0 Å². The van der Waals surface area contributed by atoms with Crippen LogP contribution in [-0.2, 0) is 6.42 Å². The van der Waals surface area contributed by atoms with Crippen molar-refractivity contribution in [2.24, 2.45) is 0 Å². The molecule has 0 atom stereocenters. The summed E-state index contributed by atoms with van der Waals surface area (Å²) in [5.74, 6) is -0.411. The van der Waals surface area contributed by atoms with E-state index in [1.807, 2.05) is 18.2 Å². The summed E-state index contributed by atoms with van der Waals surface area (Å²) in [5.41, 5.74) is 2.78. The molecule has 1 amide bonds. The van der Waals surface area contributed by atoms with Gasteiger partial charge in [-0.15, -0.1) is 0 Å². The highest BCUT2D eigenvalue weighted by atomic mass is 16.5. The third-order valence-corrected chi connectivity index (χ3v) is 3.24. The van der Waals surface area contributed by atoms with Crippen LogP contribution < -0.4 is 5.32 Å². The van der Waals surface area contributed by atoms with Crippen molar-refractivity contribution in [3.8, 4) is 0 Å². The lowest BCUT2D eigenvalue weighted by Crippen LogP contribution is -2.22. The lowest BCUT2D eigenvalue weighted by molar-refractivity contribution is -0.0374. The van der Waals surface area contributed by atoms with Crippen molar-refractivity contribution in [3.05, 3.63) is 65.7 Å². The van der Waals surface area contributed by atoms with Crippen LogP contribution >= 0.6 is 0 Å². The van der Waals surface area contributed by atoms with Gasteiger partial charge >= 0.3 is 0 Å². The zero-order valence-corrected chi connectivity index (χ0v) is 12.1. The Labute approximate surface area is 125 Å². The number of hydroxylamine groups is 2. The molecule has 2 aromatic carbocycles. The van der Waals surface area contributed by atoms with Crippen LogP contribution in [0.2, 0.25) is 0 Å². The molecule has 0 aromatic heterocycles. The molecular weight excluding hydrogens is 264 g/mol. The number of amides is 1. The predicted octanol–water partition coefficient (Wildman–Crippen LogP) is 3.19. The van der Waals surface area contributed by atoms with Gasteiger partial charge < -0.3 is 5.32 Å². The summed E-state index contributed by atoms with van der Waals surface area (Å²) in [4.78, 5) is 11.5. The van der Waals surface area contributed by atoms with E-state index >= 15 is 0 Å². The van der Waals surface area contributed by atoms with E-state index in [1.165, 1.54) is 12.6 Å². The number of aryl methyl sites for hydroxylation is 1. The fourth-order valence-corrected chi connectivity index (χ4v) is 2.09. The summed E-state index contributed by atoms with van der Waals surface area (Å²) in [6.45, 7) is 0.877. The maximum atomic E-state index is 11.5. The van der Waals surface area contributed by atoms with Crippen molar-refractivity contribution in [3.63, 3.8) is 0 Å². The first-order valence-electron chi connectivity index (χ1n) is 7.01. The molecule has 110 valence electrons. The van der Waals surface area contributed by atoms with Gasteiger partial charge in [-0.2, -0.15) is 0 Å². The Hall–Kier alpha value is -2.33. The lowest BCUT2D eigenvalue weighted by atomic mass is 10.1. The number of rotatable bonds is 6. The van der Waals surface area contributed by atoms with E-state index in [0.29, 0.717) is 10.6 Å². The molecular formula is C17H20N2O2. The standard InChI is InChI=1S/C17H20N2O2/c1-19(21)17(20)15-9-11-16(12-10-15)18-13-5-8-14-6-3-2-4-7-14/h2-4,6-7,9-12,18,21H,5,8,13H2,1H3. The topological polar surface area (TPSA) is 52.6 Å². The number of carbonyl (C=O) groups excluding carboxylic acids is 1. The second-order valence-electron chi connectivity index (χ2n) is 4.92. The van der Waals surface area contributed by atoms with Crippen LogP contribution in [0.15, 0.2) is 54.6 Å². The Balaban J connectivity index is 1.77. The van der Waals surface area contributed by atoms with Gasteiger partial charge in [0.15, 0.2) is 0 Å². The molecule has 2 aromatic rings. The predicted molar refractivity (Wildman–Crippen MR) is 83.6 cm³/mol. The third kappa shape index (κ3) is 4.61. The van der Waals surface area contributed by atoms with Gasteiger partial charge in [0.2, 0.25) is 0 Å². The van der Waals surface area contributed by atoms with Crippen LogP contribution in [0.4, 0.5) is 5.69 Å². The van der Waals surface area contributed by atoms with Crippen LogP contribution in [0.1, 0.15) is 22.3 Å². The summed E-state index contributed by atoms with van der Waals surface area (Å²) in [5, 5.41) is 13.0. The molecule has 0 fully saturated rings. The smallest absolute Gasteiger partial charge is 0.276 e. The number of nitrogens with one attached hydrogen (secondary N) is 1. The number of anilines is 1. The number of hydrogen-bond acceptors (Lipinski definition) is 3. The average Bonchev–Trinajstić information content (AvgIpc) is 2.52. The van der Waals surface area contributed by atoms with Crippen LogP contribution in [-0.4, -0.2) is 29.8 Å². The molecule has 4 heteroatoms. The molecule has 0 unspecified atom stereocenters. The van der Waals surface area contributed by atoms with Crippen LogP contribution in [0.25, 0.3) is 0 Å². The molecule has 0 saturated carbocycles. The minimum absolute atomic E-state index is 0.411. The summed E-state index contributed by atoms with van der Waals surface area (Å²) < 4.78 is 0. The van der Waals surface area contributed by atoms with E-state index in [9.17, 15) is 4.79 Å². The molecule has 0 heterocycles. The summed E-state index contributed by atoms with van der Waals surface area (Å²) >= 11 is 0. The van der Waals surface area contributed by atoms with Crippen molar-refractivity contribution in [2.45, 2.75) is 12.8 Å². The normalized spacial score (nSPS) is 10.2. The number of carbonyl (C=O) groups is 1. The van der Waals surface area contributed by atoms with Crippen LogP contribution in [0, 0.1) is 0 Å². The molecule has 2 rings (SSSR count). The highest BCUT2D eigenvalue weighted by Gasteiger charge is 2.08. The van der Waals surface area contributed by atoms with E-state index in [-0.39, 0.29) is 0 Å². The van der Waals surface area contributed by atoms with Gasteiger partial charge in [0.25, 0.3) is 5.91 Å². The van der Waals surface area contributed by atoms with Gasteiger partial charge in [-0.05, 0) is 42.7 Å². The SMILES string of the molecule is CN(O)C(=O)c1ccc(NCCCc2ccccc2)cc1. The van der Waals surface area contributed by atoms with Crippen molar-refractivity contribution < 1.29 is 10.0 Å². The van der Waals surface area contributed by atoms with Crippen molar-refractivity contribution in [1.29, 1.82) is 0 Å². The maximum Gasteiger partial charge on any atom is 0.276 e. The Morgan fingerprint density at radius 2 is 1.76 bits per heavy atom. The second kappa shape index (κ2) is 7.45. The van der Waals surface area contributed by atoms with E-state index < -0.39 is 5.91 Å². The zero-order valence-electron chi connectivity index (χ0n) is 12.1. The molecule has 0 bridgehead atoms. The van der Waals surface area contributed by atoms with Gasteiger partial charge in [-0.1, -0.05) is 30.3 Å². The van der Waals surface area contributed by atoms with Crippen LogP contribution in [0.3, 0.4) is 0 Å². The zero-order chi connectivity index (χ0) is 15.1. The monoisotopic (exact) mass is 284 g/mol. The van der Waals surface area contributed by atoms with Gasteiger partial charge in [-0.3, -0.25) is 10.0 Å². The van der Waals surface area contributed by atoms with E-state index in [1.54, 1.807) is 12.1 Å². The van der Waals surface area contributed by atoms with E-state index in [0.717, 1.165) is 25.1 Å². The molecule has 4 nitrogen and oxygen atoms in total. The Morgan fingerprint density at radius 1 is 1.10 bits per heavy atom. The number of nitrogens with zero attached hydrogens (tertiary/aromatic N) is 1. The fourth-order valence-electron chi connectivity index (χ4n) is 2.09. The maximum absolute atomic E-state index is 11.5. The molecule has 0 aliphatic heterocycles. The van der Waals surface area contributed by atoms with E-state index in [2.05, 4.69) is 29.6 Å². The number of hydrogen-bond donors (Lipinski definition) is 2. The molecule has 0 aliphatic rings. The average molecular weight is 284 g/mol.